The van der Waals surface area contributed by atoms with Crippen molar-refractivity contribution >= 4 is 0 Å². The van der Waals surface area contributed by atoms with E-state index in [-0.39, 0.29) is 26.4 Å². The first-order valence-electron chi connectivity index (χ1n) is 18.5. The zero-order valence-electron chi connectivity index (χ0n) is 34.9. The Morgan fingerprint density at radius 2 is 0.660 bits per heavy atom. The molecule has 0 aliphatic heterocycles. The minimum absolute atomic E-state index is 0.0142. The highest BCUT2D eigenvalue weighted by Gasteiger charge is 2.28. The molecule has 6 N–H and O–H groups in total. The Labute approximate surface area is 308 Å². The average molecular weight is 711 g/mol. The molecule has 0 spiro atoms. The van der Waals surface area contributed by atoms with Gasteiger partial charge in [0, 0.05) is 0 Å². The van der Waals surface area contributed by atoms with Gasteiger partial charge in [-0.2, -0.15) is 0 Å². The first-order chi connectivity index (χ1) is 22.5. The molecule has 0 fully saturated rings. The van der Waals surface area contributed by atoms with Gasteiger partial charge in [-0.1, -0.05) is 105 Å². The molecule has 0 saturated carbocycles. The van der Waals surface area contributed by atoms with Crippen LogP contribution in [-0.4, -0.2) is 90.7 Å². The molecule has 0 saturated heterocycles. The minimum Gasteiger partial charge on any atom is -0.394 e. The molecule has 294 valence electrons. The monoisotopic (exact) mass is 711 g/mol. The van der Waals surface area contributed by atoms with E-state index in [0.717, 1.165) is 12.8 Å². The summed E-state index contributed by atoms with van der Waals surface area (Å²) in [6.45, 7) is 31.5. The third kappa shape index (κ3) is 31.1. The topological polar surface area (TPSA) is 140 Å². The van der Waals surface area contributed by atoms with Gasteiger partial charge in [-0.3, -0.25) is 0 Å². The number of hydrogen-bond donors (Lipinski definition) is 6. The SMILES string of the molecule is CC(C)CC(C)(C#CC(C)(CC(C)C)OCCO)OCCO.CC(C)CC(C)(O)C#CC(C)(O)CC(C)C.CCC(C)(O)C#CC(C)(O)CC. The molecule has 0 bridgehead atoms. The Morgan fingerprint density at radius 3 is 0.860 bits per heavy atom. The maximum absolute atomic E-state index is 10.00. The van der Waals surface area contributed by atoms with Crippen LogP contribution in [0.4, 0.5) is 0 Å². The van der Waals surface area contributed by atoms with Crippen molar-refractivity contribution in [3.63, 3.8) is 0 Å². The van der Waals surface area contributed by atoms with Crippen LogP contribution < -0.4 is 0 Å². The van der Waals surface area contributed by atoms with Crippen molar-refractivity contribution in [2.45, 2.75) is 183 Å². The summed E-state index contributed by atoms with van der Waals surface area (Å²) in [5.74, 6) is 19.0. The van der Waals surface area contributed by atoms with Crippen LogP contribution in [0.25, 0.3) is 0 Å². The van der Waals surface area contributed by atoms with Gasteiger partial charge in [0.05, 0.1) is 26.4 Å². The lowest BCUT2D eigenvalue weighted by Gasteiger charge is -2.29. The second-order valence-corrected chi connectivity index (χ2v) is 16.6. The van der Waals surface area contributed by atoms with E-state index >= 15 is 0 Å². The van der Waals surface area contributed by atoms with Gasteiger partial charge in [-0.05, 0) is 104 Å². The van der Waals surface area contributed by atoms with E-state index in [1.54, 1.807) is 27.7 Å². The molecular weight excluding hydrogens is 632 g/mol. The first kappa shape index (κ1) is 52.7. The van der Waals surface area contributed by atoms with Gasteiger partial charge in [-0.15, -0.1) is 0 Å². The number of rotatable bonds is 16. The third-order valence-electron chi connectivity index (χ3n) is 7.40. The van der Waals surface area contributed by atoms with Crippen molar-refractivity contribution < 1.29 is 40.1 Å². The molecule has 8 heteroatoms. The normalized spacial score (nSPS) is 18.4. The third-order valence-corrected chi connectivity index (χ3v) is 7.40. The van der Waals surface area contributed by atoms with Crippen LogP contribution >= 0.6 is 0 Å². The summed E-state index contributed by atoms with van der Waals surface area (Å²) >= 11 is 0. The van der Waals surface area contributed by atoms with E-state index in [4.69, 9.17) is 19.7 Å². The summed E-state index contributed by atoms with van der Waals surface area (Å²) in [4.78, 5) is 0. The lowest BCUT2D eigenvalue weighted by Crippen LogP contribution is -2.34. The number of ether oxygens (including phenoxy) is 2. The van der Waals surface area contributed by atoms with E-state index in [1.165, 1.54) is 0 Å². The van der Waals surface area contributed by atoms with Crippen molar-refractivity contribution in [3.8, 4) is 35.5 Å². The summed E-state index contributed by atoms with van der Waals surface area (Å²) in [6, 6.07) is 0. The predicted octanol–water partition coefficient (Wildman–Crippen LogP) is 6.51. The standard InChI is InChI=1S/C18H34O4.C14H26O2.C10H18O2/c1-15(2)13-17(5,21-11-9-19)7-8-18(6,14-16(3)4)22-12-10-20;1-11(2)9-13(5,15)7-8-14(6,16)10-12(3)4;1-5-9(3,11)7-8-10(4,12)6-2/h15-16,19-20H,9-14H2,1-6H3;11-12,15-16H,9-10H2,1-6H3;11-12H,5-6H2,1-4H3. The number of hydrogen-bond acceptors (Lipinski definition) is 8. The van der Waals surface area contributed by atoms with E-state index in [2.05, 4.69) is 63.2 Å². The Balaban J connectivity index is -0.000000696. The molecule has 0 aromatic rings. The molecular formula is C42H78O8. The maximum Gasteiger partial charge on any atom is 0.126 e. The largest absolute Gasteiger partial charge is 0.394 e. The van der Waals surface area contributed by atoms with Gasteiger partial charge in [0.2, 0.25) is 0 Å². The predicted molar refractivity (Wildman–Crippen MR) is 207 cm³/mol. The van der Waals surface area contributed by atoms with Crippen LogP contribution in [-0.2, 0) is 9.47 Å². The van der Waals surface area contributed by atoms with Crippen molar-refractivity contribution in [1.29, 1.82) is 0 Å². The average Bonchev–Trinajstić information content (AvgIpc) is 2.95. The highest BCUT2D eigenvalue weighted by Crippen LogP contribution is 2.24. The summed E-state index contributed by atoms with van der Waals surface area (Å²) < 4.78 is 11.5. The summed E-state index contributed by atoms with van der Waals surface area (Å²) in [5.41, 5.74) is -5.15. The van der Waals surface area contributed by atoms with E-state index in [1.807, 2.05) is 55.4 Å². The maximum atomic E-state index is 10.00. The van der Waals surface area contributed by atoms with E-state index in [0.29, 0.717) is 49.4 Å². The van der Waals surface area contributed by atoms with Crippen LogP contribution in [0.15, 0.2) is 0 Å². The molecule has 8 nitrogen and oxygen atoms in total. The Kier molecular flexibility index (Phi) is 25.9. The molecule has 0 aromatic heterocycles. The zero-order valence-corrected chi connectivity index (χ0v) is 34.9. The molecule has 6 unspecified atom stereocenters. The molecule has 0 amide bonds. The highest BCUT2D eigenvalue weighted by atomic mass is 16.5. The smallest absolute Gasteiger partial charge is 0.126 e. The Bertz CT molecular complexity index is 1010. The Hall–Kier alpha value is -1.64. The quantitative estimate of drug-likeness (QED) is 0.0997. The van der Waals surface area contributed by atoms with E-state index in [9.17, 15) is 20.4 Å². The fraction of sp³-hybridized carbons (Fsp3) is 0.857. The molecule has 0 radical (unpaired) electrons. The van der Waals surface area contributed by atoms with E-state index < -0.39 is 33.6 Å². The second kappa shape index (κ2) is 24.6. The molecule has 50 heavy (non-hydrogen) atoms. The van der Waals surface area contributed by atoms with Crippen molar-refractivity contribution in [3.05, 3.63) is 0 Å². The zero-order chi connectivity index (χ0) is 40.0. The molecule has 0 aliphatic rings. The number of aliphatic hydroxyl groups is 6. The van der Waals surface area contributed by atoms with Crippen LogP contribution in [0.1, 0.15) is 149 Å². The Morgan fingerprint density at radius 1 is 0.420 bits per heavy atom. The number of aliphatic hydroxyl groups excluding tert-OH is 2. The fourth-order valence-electron chi connectivity index (χ4n) is 5.06. The molecule has 0 heterocycles. The van der Waals surface area contributed by atoms with Gasteiger partial charge >= 0.3 is 0 Å². The lowest BCUT2D eigenvalue weighted by atomic mass is 9.90. The van der Waals surface area contributed by atoms with Crippen LogP contribution in [0.5, 0.6) is 0 Å². The fourth-order valence-corrected chi connectivity index (χ4v) is 5.06. The van der Waals surface area contributed by atoms with Crippen LogP contribution in [0, 0.1) is 59.2 Å². The molecule has 0 aromatic carbocycles. The van der Waals surface area contributed by atoms with Gasteiger partial charge in [0.1, 0.15) is 33.6 Å². The second-order valence-electron chi connectivity index (χ2n) is 16.6. The summed E-state index contributed by atoms with van der Waals surface area (Å²) in [6.07, 6.45) is 3.96. The van der Waals surface area contributed by atoms with Gasteiger partial charge in [0.15, 0.2) is 0 Å². The highest BCUT2D eigenvalue weighted by molar-refractivity contribution is 5.21. The summed E-state index contributed by atoms with van der Waals surface area (Å²) in [7, 11) is 0. The van der Waals surface area contributed by atoms with Crippen molar-refractivity contribution in [2.24, 2.45) is 23.7 Å². The van der Waals surface area contributed by atoms with Gasteiger partial charge in [0.25, 0.3) is 0 Å². The van der Waals surface area contributed by atoms with Crippen molar-refractivity contribution in [1.82, 2.24) is 0 Å². The lowest BCUT2D eigenvalue weighted by molar-refractivity contribution is -0.0255. The molecule has 0 aliphatic carbocycles. The minimum atomic E-state index is -1.00. The van der Waals surface area contributed by atoms with Crippen LogP contribution in [0.2, 0.25) is 0 Å². The first-order valence-corrected chi connectivity index (χ1v) is 18.5. The van der Waals surface area contributed by atoms with Gasteiger partial charge < -0.3 is 40.1 Å². The van der Waals surface area contributed by atoms with Gasteiger partial charge in [-0.25, -0.2) is 0 Å². The van der Waals surface area contributed by atoms with Crippen molar-refractivity contribution in [2.75, 3.05) is 26.4 Å². The van der Waals surface area contributed by atoms with Crippen LogP contribution in [0.3, 0.4) is 0 Å². The molecule has 6 atom stereocenters. The summed E-state index contributed by atoms with van der Waals surface area (Å²) in [5, 5.41) is 57.0. The molecule has 0 rings (SSSR count).